The van der Waals surface area contributed by atoms with Gasteiger partial charge in [-0.1, -0.05) is 13.3 Å². The van der Waals surface area contributed by atoms with Crippen LogP contribution in [0.2, 0.25) is 0 Å². The Labute approximate surface area is 121 Å². The summed E-state index contributed by atoms with van der Waals surface area (Å²) in [6.45, 7) is 4.27. The van der Waals surface area contributed by atoms with Crippen LogP contribution in [0.3, 0.4) is 0 Å². The highest BCUT2D eigenvalue weighted by Crippen LogP contribution is 2.43. The molecule has 3 nitrogen and oxygen atoms in total. The molecular formula is C17H25N3. The summed E-state index contributed by atoms with van der Waals surface area (Å²) >= 11 is 0. The molecule has 0 saturated heterocycles. The lowest BCUT2D eigenvalue weighted by Gasteiger charge is -2.27. The first-order valence-electron chi connectivity index (χ1n) is 8.45. The summed E-state index contributed by atoms with van der Waals surface area (Å²) < 4.78 is 0. The van der Waals surface area contributed by atoms with E-state index < -0.39 is 0 Å². The monoisotopic (exact) mass is 271 g/mol. The second-order valence-corrected chi connectivity index (χ2v) is 6.90. The maximum atomic E-state index is 5.03. The minimum absolute atomic E-state index is 0.626. The van der Waals surface area contributed by atoms with Crippen LogP contribution in [0.15, 0.2) is 0 Å². The van der Waals surface area contributed by atoms with Crippen molar-refractivity contribution in [3.8, 4) is 0 Å². The Morgan fingerprint density at radius 1 is 0.950 bits per heavy atom. The van der Waals surface area contributed by atoms with E-state index in [1.54, 1.807) is 0 Å². The highest BCUT2D eigenvalue weighted by Gasteiger charge is 2.33. The number of fused-ring (bicyclic) bond motifs is 1. The summed E-state index contributed by atoms with van der Waals surface area (Å²) in [7, 11) is 0. The van der Waals surface area contributed by atoms with Gasteiger partial charge in [0.05, 0.1) is 11.4 Å². The molecule has 0 unspecified atom stereocenters. The van der Waals surface area contributed by atoms with Crippen LogP contribution in [0.5, 0.6) is 0 Å². The van der Waals surface area contributed by atoms with E-state index in [1.165, 1.54) is 67.7 Å². The van der Waals surface area contributed by atoms with E-state index in [4.69, 9.17) is 9.97 Å². The highest BCUT2D eigenvalue weighted by atomic mass is 15.0. The molecule has 1 N–H and O–H groups in total. The molecule has 2 saturated carbocycles. The summed E-state index contributed by atoms with van der Waals surface area (Å²) in [5.41, 5.74) is 4.13. The molecule has 3 aliphatic rings. The van der Waals surface area contributed by atoms with Crippen molar-refractivity contribution in [2.45, 2.75) is 76.8 Å². The van der Waals surface area contributed by atoms with Crippen LogP contribution in [0.4, 0.5) is 0 Å². The van der Waals surface area contributed by atoms with Gasteiger partial charge in [-0.3, -0.25) is 0 Å². The van der Waals surface area contributed by atoms with Crippen molar-refractivity contribution in [1.82, 2.24) is 15.3 Å². The van der Waals surface area contributed by atoms with E-state index in [2.05, 4.69) is 12.2 Å². The summed E-state index contributed by atoms with van der Waals surface area (Å²) in [6, 6.07) is 0. The summed E-state index contributed by atoms with van der Waals surface area (Å²) in [5, 5.41) is 3.45. The van der Waals surface area contributed by atoms with Crippen LogP contribution in [-0.4, -0.2) is 9.97 Å². The third-order valence-corrected chi connectivity index (χ3v) is 5.49. The van der Waals surface area contributed by atoms with E-state index in [-0.39, 0.29) is 0 Å². The number of nitrogens with one attached hydrogen (secondary N) is 1. The molecule has 2 aliphatic carbocycles. The maximum absolute atomic E-state index is 5.03. The molecule has 1 aromatic rings. The zero-order chi connectivity index (χ0) is 13.5. The van der Waals surface area contributed by atoms with Crippen LogP contribution in [0.1, 0.15) is 86.5 Å². The number of hydrogen-bond acceptors (Lipinski definition) is 3. The Kier molecular flexibility index (Phi) is 3.25. The van der Waals surface area contributed by atoms with Gasteiger partial charge < -0.3 is 5.32 Å². The fourth-order valence-electron chi connectivity index (χ4n) is 3.92. The smallest absolute Gasteiger partial charge is 0.132 e. The van der Waals surface area contributed by atoms with Gasteiger partial charge in [-0.2, -0.15) is 0 Å². The van der Waals surface area contributed by atoms with Gasteiger partial charge in [0, 0.05) is 30.5 Å². The van der Waals surface area contributed by atoms with Crippen molar-refractivity contribution in [1.29, 1.82) is 0 Å². The molecule has 108 valence electrons. The lowest BCUT2D eigenvalue weighted by molar-refractivity contribution is 0.311. The van der Waals surface area contributed by atoms with Gasteiger partial charge in [0.1, 0.15) is 5.82 Å². The van der Waals surface area contributed by atoms with E-state index in [0.29, 0.717) is 5.92 Å². The average Bonchev–Trinajstić information content (AvgIpc) is 3.23. The lowest BCUT2D eigenvalue weighted by Crippen LogP contribution is -2.16. The predicted molar refractivity (Wildman–Crippen MR) is 79.5 cm³/mol. The standard InChI is InChI=1S/C17H25N3/c1-2-11-3-5-13(6-4-11)17-19-15-10-18-9-14(15)16(20-17)12-7-8-12/h11-13,18H,2-10H2,1H3. The van der Waals surface area contributed by atoms with Crippen LogP contribution in [-0.2, 0) is 13.1 Å². The van der Waals surface area contributed by atoms with Crippen molar-refractivity contribution in [2.24, 2.45) is 5.92 Å². The molecule has 0 bridgehead atoms. The summed E-state index contributed by atoms with van der Waals surface area (Å²) in [5.74, 6) is 3.49. The normalized spacial score (nSPS) is 29.4. The van der Waals surface area contributed by atoms with E-state index in [1.807, 2.05) is 0 Å². The molecule has 20 heavy (non-hydrogen) atoms. The highest BCUT2D eigenvalue weighted by molar-refractivity contribution is 5.34. The quantitative estimate of drug-likeness (QED) is 0.912. The molecule has 0 atom stereocenters. The summed E-state index contributed by atoms with van der Waals surface area (Å²) in [6.07, 6.45) is 9.37. The Bertz CT molecular complexity index is 499. The predicted octanol–water partition coefficient (Wildman–Crippen LogP) is 3.64. The van der Waals surface area contributed by atoms with E-state index >= 15 is 0 Å². The van der Waals surface area contributed by atoms with Crippen molar-refractivity contribution in [2.75, 3.05) is 0 Å². The molecule has 0 spiro atoms. The first kappa shape index (κ1) is 12.8. The van der Waals surface area contributed by atoms with Crippen LogP contribution >= 0.6 is 0 Å². The second-order valence-electron chi connectivity index (χ2n) is 6.90. The molecule has 2 heterocycles. The zero-order valence-corrected chi connectivity index (χ0v) is 12.5. The molecule has 1 aliphatic heterocycles. The number of nitrogens with zero attached hydrogens (tertiary/aromatic N) is 2. The van der Waals surface area contributed by atoms with Crippen molar-refractivity contribution in [3.63, 3.8) is 0 Å². The van der Waals surface area contributed by atoms with Crippen LogP contribution < -0.4 is 5.32 Å². The molecule has 4 rings (SSSR count). The van der Waals surface area contributed by atoms with Gasteiger partial charge >= 0.3 is 0 Å². The Balaban J connectivity index is 1.61. The molecule has 0 aromatic carbocycles. The molecule has 0 amide bonds. The Morgan fingerprint density at radius 3 is 2.40 bits per heavy atom. The SMILES string of the molecule is CCC1CCC(c2nc3c(c(C4CC4)n2)CNC3)CC1. The zero-order valence-electron chi connectivity index (χ0n) is 12.5. The second kappa shape index (κ2) is 5.10. The number of aromatic nitrogens is 2. The van der Waals surface area contributed by atoms with Crippen molar-refractivity contribution >= 4 is 0 Å². The first-order chi connectivity index (χ1) is 9.85. The fourth-order valence-corrected chi connectivity index (χ4v) is 3.92. The van der Waals surface area contributed by atoms with Gasteiger partial charge in [-0.15, -0.1) is 0 Å². The van der Waals surface area contributed by atoms with Crippen LogP contribution in [0.25, 0.3) is 0 Å². The van der Waals surface area contributed by atoms with Crippen LogP contribution in [0, 0.1) is 5.92 Å². The van der Waals surface area contributed by atoms with Gasteiger partial charge in [0.15, 0.2) is 0 Å². The molecule has 1 aromatic heterocycles. The van der Waals surface area contributed by atoms with Gasteiger partial charge in [-0.25, -0.2) is 9.97 Å². The minimum Gasteiger partial charge on any atom is -0.307 e. The van der Waals surface area contributed by atoms with Crippen molar-refractivity contribution < 1.29 is 0 Å². The first-order valence-corrected chi connectivity index (χ1v) is 8.45. The number of hydrogen-bond donors (Lipinski definition) is 1. The molecule has 0 radical (unpaired) electrons. The van der Waals surface area contributed by atoms with Gasteiger partial charge in [0.25, 0.3) is 0 Å². The van der Waals surface area contributed by atoms with Gasteiger partial charge in [-0.05, 0) is 44.4 Å². The minimum atomic E-state index is 0.626. The van der Waals surface area contributed by atoms with Gasteiger partial charge in [0.2, 0.25) is 0 Å². The number of rotatable bonds is 3. The lowest BCUT2D eigenvalue weighted by atomic mass is 9.80. The van der Waals surface area contributed by atoms with E-state index in [0.717, 1.165) is 24.9 Å². The third-order valence-electron chi connectivity index (χ3n) is 5.49. The third kappa shape index (κ3) is 2.26. The molecular weight excluding hydrogens is 246 g/mol. The Morgan fingerprint density at radius 2 is 1.70 bits per heavy atom. The summed E-state index contributed by atoms with van der Waals surface area (Å²) in [4.78, 5) is 9.95. The Hall–Kier alpha value is -0.960. The molecule has 3 heteroatoms. The maximum Gasteiger partial charge on any atom is 0.132 e. The van der Waals surface area contributed by atoms with E-state index in [9.17, 15) is 0 Å². The fraction of sp³-hybridized carbons (Fsp3) is 0.765. The topological polar surface area (TPSA) is 37.8 Å². The average molecular weight is 271 g/mol. The van der Waals surface area contributed by atoms with Crippen molar-refractivity contribution in [3.05, 3.63) is 22.8 Å². The molecule has 2 fully saturated rings. The largest absolute Gasteiger partial charge is 0.307 e.